The van der Waals surface area contributed by atoms with E-state index in [0.29, 0.717) is 6.54 Å². The highest BCUT2D eigenvalue weighted by atomic mass is 16.6. The molecule has 3 aliphatic heterocycles. The van der Waals surface area contributed by atoms with Gasteiger partial charge in [0.05, 0.1) is 18.6 Å². The van der Waals surface area contributed by atoms with Crippen molar-refractivity contribution in [3.8, 4) is 0 Å². The lowest BCUT2D eigenvalue weighted by Crippen LogP contribution is -2.41. The minimum Gasteiger partial charge on any atom is -0.460 e. The van der Waals surface area contributed by atoms with Crippen molar-refractivity contribution in [3.63, 3.8) is 0 Å². The van der Waals surface area contributed by atoms with Crippen LogP contribution in [0, 0.1) is 11.8 Å². The second-order valence-electron chi connectivity index (χ2n) is 7.22. The molecule has 1 aromatic carbocycles. The summed E-state index contributed by atoms with van der Waals surface area (Å²) in [7, 11) is 0. The molecule has 5 atom stereocenters. The van der Waals surface area contributed by atoms with Crippen LogP contribution in [0.5, 0.6) is 0 Å². The quantitative estimate of drug-likeness (QED) is 0.609. The molecule has 5 heteroatoms. The lowest BCUT2D eigenvalue weighted by atomic mass is 9.77. The molecule has 0 N–H and O–H groups in total. The Balaban J connectivity index is 1.52. The lowest BCUT2D eigenvalue weighted by molar-refractivity contribution is -0.155. The molecule has 4 rings (SSSR count). The number of nitrogens with zero attached hydrogens (tertiary/aromatic N) is 1. The normalized spacial score (nSPS) is 33.6. The van der Waals surface area contributed by atoms with Gasteiger partial charge in [0.1, 0.15) is 18.1 Å². The number of hydrogen-bond acceptors (Lipinski definition) is 4. The Bertz CT molecular complexity index is 716. The third-order valence-electron chi connectivity index (χ3n) is 5.75. The van der Waals surface area contributed by atoms with Crippen molar-refractivity contribution in [1.29, 1.82) is 0 Å². The third kappa shape index (κ3) is 2.49. The summed E-state index contributed by atoms with van der Waals surface area (Å²) in [5.74, 6) is -1.33. The van der Waals surface area contributed by atoms with Crippen molar-refractivity contribution < 1.29 is 19.1 Å². The van der Waals surface area contributed by atoms with Crippen molar-refractivity contribution in [1.82, 2.24) is 4.90 Å². The molecule has 0 unspecified atom stereocenters. The Morgan fingerprint density at radius 3 is 2.88 bits per heavy atom. The zero-order chi connectivity index (χ0) is 17.6. The second kappa shape index (κ2) is 5.99. The van der Waals surface area contributed by atoms with Crippen molar-refractivity contribution in [2.45, 2.75) is 44.6 Å². The van der Waals surface area contributed by atoms with Crippen molar-refractivity contribution in [2.24, 2.45) is 11.8 Å². The van der Waals surface area contributed by atoms with E-state index in [1.807, 2.05) is 54.3 Å². The summed E-state index contributed by atoms with van der Waals surface area (Å²) in [5.41, 5.74) is 0.283. The van der Waals surface area contributed by atoms with Crippen LogP contribution in [0.4, 0.5) is 0 Å². The molecule has 0 radical (unpaired) electrons. The molecule has 0 aliphatic carbocycles. The molecule has 1 aromatic rings. The molecular formula is C20H23NO4. The van der Waals surface area contributed by atoms with Crippen LogP contribution >= 0.6 is 0 Å². The van der Waals surface area contributed by atoms with Gasteiger partial charge in [0.2, 0.25) is 5.91 Å². The maximum atomic E-state index is 13.0. The van der Waals surface area contributed by atoms with Gasteiger partial charge in [0.15, 0.2) is 0 Å². The van der Waals surface area contributed by atoms with Crippen LogP contribution < -0.4 is 0 Å². The van der Waals surface area contributed by atoms with Gasteiger partial charge in [0, 0.05) is 6.04 Å². The first-order chi connectivity index (χ1) is 12.1. The zero-order valence-electron chi connectivity index (χ0n) is 14.6. The minimum atomic E-state index is -0.651. The summed E-state index contributed by atoms with van der Waals surface area (Å²) in [6.07, 6.45) is 4.42. The predicted octanol–water partition coefficient (Wildman–Crippen LogP) is 2.31. The first kappa shape index (κ1) is 16.3. The molecule has 2 bridgehead atoms. The maximum absolute atomic E-state index is 13.0. The summed E-state index contributed by atoms with van der Waals surface area (Å²) in [6, 6.07) is 9.71. The van der Waals surface area contributed by atoms with Crippen LogP contribution in [0.25, 0.3) is 0 Å². The largest absolute Gasteiger partial charge is 0.460 e. The fourth-order valence-corrected chi connectivity index (χ4v) is 4.22. The Kier molecular flexibility index (Phi) is 3.91. The predicted molar refractivity (Wildman–Crippen MR) is 91.4 cm³/mol. The monoisotopic (exact) mass is 341 g/mol. The van der Waals surface area contributed by atoms with Gasteiger partial charge in [-0.2, -0.15) is 0 Å². The summed E-state index contributed by atoms with van der Waals surface area (Å²) >= 11 is 0. The Labute approximate surface area is 147 Å². The van der Waals surface area contributed by atoms with E-state index in [2.05, 4.69) is 6.92 Å². The first-order valence-electron chi connectivity index (χ1n) is 8.94. The van der Waals surface area contributed by atoms with Crippen molar-refractivity contribution in [3.05, 3.63) is 48.0 Å². The van der Waals surface area contributed by atoms with E-state index < -0.39 is 17.4 Å². The highest BCUT2D eigenvalue weighted by Gasteiger charge is 2.67. The smallest absolute Gasteiger partial charge is 0.313 e. The summed E-state index contributed by atoms with van der Waals surface area (Å²) in [5, 5.41) is 0. The number of carbonyl (C=O) groups is 2. The molecule has 2 saturated heterocycles. The van der Waals surface area contributed by atoms with E-state index >= 15 is 0 Å². The number of esters is 1. The average Bonchev–Trinajstić information content (AvgIpc) is 3.28. The van der Waals surface area contributed by atoms with Crippen LogP contribution in [-0.4, -0.2) is 41.1 Å². The van der Waals surface area contributed by atoms with E-state index in [1.54, 1.807) is 0 Å². The molecule has 132 valence electrons. The Morgan fingerprint density at radius 2 is 2.16 bits per heavy atom. The number of hydrogen-bond donors (Lipinski definition) is 0. The minimum absolute atomic E-state index is 0.0165. The number of amides is 1. The SMILES string of the molecule is CC[C@@H](C)N1C[C@@]23C=C[C@@H](O2)[C@H](C(=O)OCc2ccccc2)[C@@H]3C1=O. The van der Waals surface area contributed by atoms with Gasteiger partial charge in [-0.3, -0.25) is 9.59 Å². The maximum Gasteiger partial charge on any atom is 0.313 e. The molecule has 0 saturated carbocycles. The molecule has 3 aliphatic rings. The molecule has 3 heterocycles. The summed E-state index contributed by atoms with van der Waals surface area (Å²) in [6.45, 7) is 4.84. The molecule has 1 amide bonds. The van der Waals surface area contributed by atoms with E-state index in [-0.39, 0.29) is 30.6 Å². The van der Waals surface area contributed by atoms with Gasteiger partial charge < -0.3 is 14.4 Å². The molecule has 0 aromatic heterocycles. The highest BCUT2D eigenvalue weighted by molar-refractivity contribution is 5.91. The molecule has 5 nitrogen and oxygen atoms in total. The van der Waals surface area contributed by atoms with Crippen LogP contribution in [0.2, 0.25) is 0 Å². The second-order valence-corrected chi connectivity index (χ2v) is 7.22. The van der Waals surface area contributed by atoms with Gasteiger partial charge in [-0.25, -0.2) is 0 Å². The van der Waals surface area contributed by atoms with Gasteiger partial charge in [-0.15, -0.1) is 0 Å². The number of ether oxygens (including phenoxy) is 2. The molecule has 1 spiro atoms. The van der Waals surface area contributed by atoms with Crippen molar-refractivity contribution >= 4 is 11.9 Å². The number of fused-ring (bicyclic) bond motifs is 1. The molecule has 2 fully saturated rings. The van der Waals surface area contributed by atoms with E-state index in [1.165, 1.54) is 0 Å². The van der Waals surface area contributed by atoms with Gasteiger partial charge >= 0.3 is 5.97 Å². The standard InChI is InChI=1S/C20H23NO4/c1-3-13(2)21-12-20-10-9-15(25-20)16(17(20)18(21)22)19(23)24-11-14-7-5-4-6-8-14/h4-10,13,15-17H,3,11-12H2,1-2H3/t13-,15-,16+,17-,20-/m1/s1. The van der Waals surface area contributed by atoms with Gasteiger partial charge in [-0.1, -0.05) is 49.4 Å². The topological polar surface area (TPSA) is 55.8 Å². The third-order valence-corrected chi connectivity index (χ3v) is 5.75. The Hall–Kier alpha value is -2.14. The molecule has 25 heavy (non-hydrogen) atoms. The van der Waals surface area contributed by atoms with Gasteiger partial charge in [-0.05, 0) is 18.9 Å². The Morgan fingerprint density at radius 1 is 1.40 bits per heavy atom. The zero-order valence-corrected chi connectivity index (χ0v) is 14.6. The van der Waals surface area contributed by atoms with E-state index in [0.717, 1.165) is 12.0 Å². The number of rotatable bonds is 5. The molecular weight excluding hydrogens is 318 g/mol. The number of carbonyl (C=O) groups excluding carboxylic acids is 2. The fourth-order valence-electron chi connectivity index (χ4n) is 4.22. The van der Waals surface area contributed by atoms with Crippen LogP contribution in [0.15, 0.2) is 42.5 Å². The number of benzene rings is 1. The van der Waals surface area contributed by atoms with Gasteiger partial charge in [0.25, 0.3) is 0 Å². The number of likely N-dealkylation sites (tertiary alicyclic amines) is 1. The van der Waals surface area contributed by atoms with Crippen molar-refractivity contribution in [2.75, 3.05) is 6.54 Å². The summed E-state index contributed by atoms with van der Waals surface area (Å²) in [4.78, 5) is 27.6. The summed E-state index contributed by atoms with van der Waals surface area (Å²) < 4.78 is 11.6. The van der Waals surface area contributed by atoms with Crippen LogP contribution in [0.3, 0.4) is 0 Å². The highest BCUT2D eigenvalue weighted by Crippen LogP contribution is 2.52. The average molecular weight is 341 g/mol. The fraction of sp³-hybridized carbons (Fsp3) is 0.500. The van der Waals surface area contributed by atoms with E-state index in [9.17, 15) is 9.59 Å². The first-order valence-corrected chi connectivity index (χ1v) is 8.94. The van der Waals surface area contributed by atoms with Crippen LogP contribution in [0.1, 0.15) is 25.8 Å². The van der Waals surface area contributed by atoms with Crippen LogP contribution in [-0.2, 0) is 25.7 Å². The van der Waals surface area contributed by atoms with E-state index in [4.69, 9.17) is 9.47 Å². The lowest BCUT2D eigenvalue weighted by Gasteiger charge is -2.26.